The number of halogens is 1. The number of ether oxygens (including phenoxy) is 1. The van der Waals surface area contributed by atoms with E-state index in [-0.39, 0.29) is 24.0 Å². The van der Waals surface area contributed by atoms with Gasteiger partial charge >= 0.3 is 0 Å². The number of hydrogen-bond donors (Lipinski definition) is 2. The average molecular weight is 443 g/mol. The minimum absolute atomic E-state index is 0. The Morgan fingerprint density at radius 3 is 2.68 bits per heavy atom. The predicted molar refractivity (Wildman–Crippen MR) is 110 cm³/mol. The van der Waals surface area contributed by atoms with Gasteiger partial charge in [-0.3, -0.25) is 4.99 Å². The molecule has 0 aromatic rings. The molecule has 1 aliphatic rings. The van der Waals surface area contributed by atoms with Crippen LogP contribution in [0.15, 0.2) is 4.99 Å². The molecule has 0 aromatic carbocycles. The first-order valence-electron chi connectivity index (χ1n) is 8.41. The van der Waals surface area contributed by atoms with Crippen molar-refractivity contribution in [3.63, 3.8) is 0 Å². The minimum Gasteiger partial charge on any atom is -0.378 e. The third-order valence-electron chi connectivity index (χ3n) is 3.65. The van der Waals surface area contributed by atoms with E-state index in [1.807, 2.05) is 11.8 Å². The maximum atomic E-state index is 5.78. The molecule has 2 unspecified atom stereocenters. The summed E-state index contributed by atoms with van der Waals surface area (Å²) < 4.78 is 5.78. The summed E-state index contributed by atoms with van der Waals surface area (Å²) in [4.78, 5) is 4.72. The van der Waals surface area contributed by atoms with E-state index in [0.717, 1.165) is 32.1 Å². The van der Waals surface area contributed by atoms with Crippen LogP contribution in [0.2, 0.25) is 0 Å². The largest absolute Gasteiger partial charge is 0.378 e. The average Bonchev–Trinajstić information content (AvgIpc) is 2.47. The van der Waals surface area contributed by atoms with Gasteiger partial charge in [-0.25, -0.2) is 0 Å². The summed E-state index contributed by atoms with van der Waals surface area (Å²) in [6, 6.07) is 0.564. The smallest absolute Gasteiger partial charge is 0.191 e. The van der Waals surface area contributed by atoms with Crippen LogP contribution in [0.3, 0.4) is 0 Å². The van der Waals surface area contributed by atoms with Gasteiger partial charge in [-0.2, -0.15) is 11.8 Å². The number of hydrogen-bond acceptors (Lipinski definition) is 3. The van der Waals surface area contributed by atoms with Gasteiger partial charge in [0.1, 0.15) is 0 Å². The van der Waals surface area contributed by atoms with Crippen LogP contribution >= 0.6 is 35.7 Å². The molecule has 0 radical (unpaired) electrons. The summed E-state index contributed by atoms with van der Waals surface area (Å²) in [7, 11) is 0. The molecule has 6 heteroatoms. The lowest BCUT2D eigenvalue weighted by Gasteiger charge is -2.25. The molecule has 0 saturated carbocycles. The number of aliphatic imine (C=N–C) groups is 1. The number of guanidine groups is 1. The Balaban J connectivity index is 0.00000441. The second-order valence-corrected chi connectivity index (χ2v) is 7.00. The second-order valence-electron chi connectivity index (χ2n) is 5.85. The molecule has 2 N–H and O–H groups in total. The van der Waals surface area contributed by atoms with Gasteiger partial charge in [-0.05, 0) is 44.8 Å². The molecular weight excluding hydrogens is 409 g/mol. The van der Waals surface area contributed by atoms with Gasteiger partial charge in [-0.1, -0.05) is 13.8 Å². The molecule has 1 rings (SSSR count). The van der Waals surface area contributed by atoms with Crippen LogP contribution in [0.5, 0.6) is 0 Å². The minimum atomic E-state index is 0. The van der Waals surface area contributed by atoms with Crippen LogP contribution in [0, 0.1) is 5.92 Å². The normalized spacial score (nSPS) is 20.4. The van der Waals surface area contributed by atoms with Gasteiger partial charge in [0, 0.05) is 31.5 Å². The third kappa shape index (κ3) is 9.45. The monoisotopic (exact) mass is 443 g/mol. The van der Waals surface area contributed by atoms with Crippen LogP contribution < -0.4 is 10.6 Å². The quantitative estimate of drug-likeness (QED) is 0.343. The highest BCUT2D eigenvalue weighted by molar-refractivity contribution is 14.0. The molecule has 22 heavy (non-hydrogen) atoms. The Morgan fingerprint density at radius 2 is 2.14 bits per heavy atom. The van der Waals surface area contributed by atoms with E-state index in [1.165, 1.54) is 24.3 Å². The van der Waals surface area contributed by atoms with Crippen molar-refractivity contribution < 1.29 is 4.74 Å². The van der Waals surface area contributed by atoms with Gasteiger partial charge in [-0.15, -0.1) is 24.0 Å². The molecule has 0 aliphatic carbocycles. The van der Waals surface area contributed by atoms with E-state index in [9.17, 15) is 0 Å². The highest BCUT2D eigenvalue weighted by atomic mass is 127. The van der Waals surface area contributed by atoms with E-state index >= 15 is 0 Å². The lowest BCUT2D eigenvalue weighted by molar-refractivity contribution is 0.0266. The van der Waals surface area contributed by atoms with E-state index in [0.29, 0.717) is 18.1 Å². The van der Waals surface area contributed by atoms with Gasteiger partial charge < -0.3 is 15.4 Å². The molecule has 0 aromatic heterocycles. The van der Waals surface area contributed by atoms with Crippen molar-refractivity contribution in [3.8, 4) is 0 Å². The van der Waals surface area contributed by atoms with Crippen LogP contribution in [0.4, 0.5) is 0 Å². The molecule has 4 nitrogen and oxygen atoms in total. The Labute approximate surface area is 158 Å². The van der Waals surface area contributed by atoms with Gasteiger partial charge in [0.05, 0.1) is 6.10 Å². The van der Waals surface area contributed by atoms with Gasteiger partial charge in [0.15, 0.2) is 5.96 Å². The molecule has 1 fully saturated rings. The highest BCUT2D eigenvalue weighted by Crippen LogP contribution is 2.16. The fourth-order valence-electron chi connectivity index (χ4n) is 2.49. The Morgan fingerprint density at radius 1 is 1.36 bits per heavy atom. The maximum absolute atomic E-state index is 5.78. The van der Waals surface area contributed by atoms with Crippen LogP contribution in [0.25, 0.3) is 0 Å². The van der Waals surface area contributed by atoms with Crippen molar-refractivity contribution in [2.45, 2.75) is 59.1 Å². The molecule has 2 atom stereocenters. The van der Waals surface area contributed by atoms with Crippen molar-refractivity contribution in [2.24, 2.45) is 10.9 Å². The molecule has 1 aliphatic heterocycles. The fourth-order valence-corrected chi connectivity index (χ4v) is 3.57. The van der Waals surface area contributed by atoms with Crippen LogP contribution in [-0.2, 0) is 4.74 Å². The zero-order valence-electron chi connectivity index (χ0n) is 14.6. The molecule has 132 valence electrons. The first-order valence-corrected chi connectivity index (χ1v) is 9.57. The molecule has 0 spiro atoms. The van der Waals surface area contributed by atoms with Gasteiger partial charge in [0.2, 0.25) is 0 Å². The Kier molecular flexibility index (Phi) is 13.9. The predicted octanol–water partition coefficient (Wildman–Crippen LogP) is 3.51. The van der Waals surface area contributed by atoms with Gasteiger partial charge in [0.25, 0.3) is 0 Å². The SMILES string of the molecule is CCNC(=NCCC(OCC)C(C)C)NC1CCCSC1.I. The highest BCUT2D eigenvalue weighted by Gasteiger charge is 2.15. The fraction of sp³-hybridized carbons (Fsp3) is 0.938. The molecule has 1 heterocycles. The van der Waals surface area contributed by atoms with Crippen molar-refractivity contribution >= 4 is 41.7 Å². The summed E-state index contributed by atoms with van der Waals surface area (Å²) in [6.07, 6.45) is 3.86. The Hall–Kier alpha value is 0.310. The molecule has 1 saturated heterocycles. The summed E-state index contributed by atoms with van der Waals surface area (Å²) in [5.74, 6) is 4.00. The number of nitrogens with zero attached hydrogens (tertiary/aromatic N) is 1. The molecular formula is C16H34IN3OS. The summed E-state index contributed by atoms with van der Waals surface area (Å²) >= 11 is 2.04. The number of rotatable bonds is 8. The standard InChI is InChI=1S/C16H33N3OS.HI/c1-5-17-16(19-14-8-7-11-21-12-14)18-10-9-15(13(3)4)20-6-2;/h13-15H,5-12H2,1-4H3,(H2,17,18,19);1H. The third-order valence-corrected chi connectivity index (χ3v) is 4.87. The van der Waals surface area contributed by atoms with Crippen molar-refractivity contribution in [3.05, 3.63) is 0 Å². The number of thioether (sulfide) groups is 1. The lowest BCUT2D eigenvalue weighted by Crippen LogP contribution is -2.45. The van der Waals surface area contributed by atoms with E-state index in [4.69, 9.17) is 9.73 Å². The first kappa shape index (κ1) is 22.3. The van der Waals surface area contributed by atoms with E-state index < -0.39 is 0 Å². The Bertz CT molecular complexity index is 297. The van der Waals surface area contributed by atoms with Crippen molar-refractivity contribution in [1.82, 2.24) is 10.6 Å². The van der Waals surface area contributed by atoms with Crippen LogP contribution in [0.1, 0.15) is 47.0 Å². The zero-order chi connectivity index (χ0) is 15.5. The second kappa shape index (κ2) is 13.7. The van der Waals surface area contributed by atoms with E-state index in [1.54, 1.807) is 0 Å². The first-order chi connectivity index (χ1) is 10.2. The van der Waals surface area contributed by atoms with E-state index in [2.05, 4.69) is 38.3 Å². The maximum Gasteiger partial charge on any atom is 0.191 e. The topological polar surface area (TPSA) is 45.7 Å². The summed E-state index contributed by atoms with van der Waals surface area (Å²) in [5.41, 5.74) is 0. The number of nitrogens with one attached hydrogen (secondary N) is 2. The van der Waals surface area contributed by atoms with Crippen molar-refractivity contribution in [1.29, 1.82) is 0 Å². The summed E-state index contributed by atoms with van der Waals surface area (Å²) in [5, 5.41) is 6.92. The summed E-state index contributed by atoms with van der Waals surface area (Å²) in [6.45, 7) is 11.1. The molecule has 0 bridgehead atoms. The van der Waals surface area contributed by atoms with Crippen LogP contribution in [-0.4, -0.2) is 49.3 Å². The lowest BCUT2D eigenvalue weighted by atomic mass is 10.0. The van der Waals surface area contributed by atoms with Crippen molar-refractivity contribution in [2.75, 3.05) is 31.2 Å². The molecule has 0 amide bonds. The zero-order valence-corrected chi connectivity index (χ0v) is 17.7.